The highest BCUT2D eigenvalue weighted by Crippen LogP contribution is 2.22. The van der Waals surface area contributed by atoms with Crippen LogP contribution in [0.2, 0.25) is 0 Å². The molecule has 22 heavy (non-hydrogen) atoms. The second-order valence-corrected chi connectivity index (χ2v) is 4.96. The Labute approximate surface area is 125 Å². The predicted octanol–water partition coefficient (Wildman–Crippen LogP) is 1.27. The van der Waals surface area contributed by atoms with Gasteiger partial charge in [0.25, 0.3) is 0 Å². The van der Waals surface area contributed by atoms with Crippen LogP contribution < -0.4 is 5.69 Å². The Morgan fingerprint density at radius 3 is 2.55 bits per heavy atom. The van der Waals surface area contributed by atoms with Crippen molar-refractivity contribution in [3.05, 3.63) is 58.9 Å². The number of benzene rings is 1. The van der Waals surface area contributed by atoms with E-state index in [1.54, 1.807) is 26.5 Å². The molecule has 1 aromatic carbocycles. The molecule has 0 radical (unpaired) electrons. The molecule has 0 unspecified atom stereocenters. The molecule has 3 rings (SSSR count). The molecule has 2 heterocycles. The molecule has 112 valence electrons. The van der Waals surface area contributed by atoms with Gasteiger partial charge < -0.3 is 9.67 Å². The monoisotopic (exact) mass is 298 g/mol. The number of rotatable bonds is 3. The summed E-state index contributed by atoms with van der Waals surface area (Å²) in [5, 5.41) is 13.0. The van der Waals surface area contributed by atoms with Crippen LogP contribution in [-0.4, -0.2) is 30.0 Å². The van der Waals surface area contributed by atoms with Gasteiger partial charge in [-0.15, -0.1) is 0 Å². The van der Waals surface area contributed by atoms with E-state index < -0.39 is 5.97 Å². The Kier molecular flexibility index (Phi) is 3.17. The molecule has 0 aliphatic rings. The van der Waals surface area contributed by atoms with Gasteiger partial charge in [0, 0.05) is 32.1 Å². The SMILES string of the molecule is Cn1nc(C(=O)O)cc1-c1cccc(-n2ccn(C)c2=O)c1. The summed E-state index contributed by atoms with van der Waals surface area (Å²) in [6.45, 7) is 0. The lowest BCUT2D eigenvalue weighted by Gasteiger charge is -2.06. The van der Waals surface area contributed by atoms with E-state index in [4.69, 9.17) is 5.11 Å². The number of hydrogen-bond donors (Lipinski definition) is 1. The van der Waals surface area contributed by atoms with Gasteiger partial charge in [0.2, 0.25) is 0 Å². The van der Waals surface area contributed by atoms with Crippen LogP contribution >= 0.6 is 0 Å². The molecular weight excluding hydrogens is 284 g/mol. The van der Waals surface area contributed by atoms with Gasteiger partial charge in [-0.3, -0.25) is 9.25 Å². The van der Waals surface area contributed by atoms with E-state index in [1.807, 2.05) is 24.3 Å². The Hall–Kier alpha value is -3.09. The third-order valence-electron chi connectivity index (χ3n) is 3.47. The van der Waals surface area contributed by atoms with Crippen molar-refractivity contribution < 1.29 is 9.90 Å². The molecule has 0 aliphatic carbocycles. The molecule has 7 nitrogen and oxygen atoms in total. The highest BCUT2D eigenvalue weighted by Gasteiger charge is 2.13. The first-order valence-corrected chi connectivity index (χ1v) is 6.59. The molecule has 0 aliphatic heterocycles. The number of carboxylic acid groups (broad SMARTS) is 1. The average Bonchev–Trinajstić information content (AvgIpc) is 3.04. The highest BCUT2D eigenvalue weighted by atomic mass is 16.4. The first-order valence-electron chi connectivity index (χ1n) is 6.59. The molecule has 0 atom stereocenters. The van der Waals surface area contributed by atoms with Crippen LogP contribution in [-0.2, 0) is 14.1 Å². The fourth-order valence-corrected chi connectivity index (χ4v) is 2.32. The van der Waals surface area contributed by atoms with E-state index in [2.05, 4.69) is 5.10 Å². The van der Waals surface area contributed by atoms with Crippen molar-refractivity contribution >= 4 is 5.97 Å². The molecule has 2 aromatic heterocycles. The molecular formula is C15H14N4O3. The van der Waals surface area contributed by atoms with Crippen molar-refractivity contribution in [3.8, 4) is 16.9 Å². The van der Waals surface area contributed by atoms with E-state index in [9.17, 15) is 9.59 Å². The smallest absolute Gasteiger partial charge is 0.356 e. The molecule has 0 saturated carbocycles. The third-order valence-corrected chi connectivity index (χ3v) is 3.47. The number of hydrogen-bond acceptors (Lipinski definition) is 3. The van der Waals surface area contributed by atoms with Crippen molar-refractivity contribution in [1.82, 2.24) is 18.9 Å². The second kappa shape index (κ2) is 5.03. The maximum atomic E-state index is 12.0. The first kappa shape index (κ1) is 13.9. The zero-order valence-electron chi connectivity index (χ0n) is 12.1. The summed E-state index contributed by atoms with van der Waals surface area (Å²) in [5.41, 5.74) is 2.01. The van der Waals surface area contributed by atoms with Crippen molar-refractivity contribution in [2.24, 2.45) is 14.1 Å². The Bertz CT molecular complexity index is 917. The number of nitrogens with zero attached hydrogens (tertiary/aromatic N) is 4. The Morgan fingerprint density at radius 2 is 1.95 bits per heavy atom. The minimum Gasteiger partial charge on any atom is -0.476 e. The molecule has 7 heteroatoms. The molecule has 0 amide bonds. The largest absolute Gasteiger partial charge is 0.476 e. The summed E-state index contributed by atoms with van der Waals surface area (Å²) in [7, 11) is 3.37. The number of aryl methyl sites for hydroxylation is 2. The van der Waals surface area contributed by atoms with Crippen molar-refractivity contribution in [1.29, 1.82) is 0 Å². The van der Waals surface area contributed by atoms with E-state index in [0.717, 1.165) is 5.56 Å². The summed E-state index contributed by atoms with van der Waals surface area (Å²) in [4.78, 5) is 23.0. The quantitative estimate of drug-likeness (QED) is 0.789. The van der Waals surface area contributed by atoms with E-state index in [1.165, 1.54) is 19.9 Å². The summed E-state index contributed by atoms with van der Waals surface area (Å²) in [6.07, 6.45) is 3.37. The van der Waals surface area contributed by atoms with Gasteiger partial charge in [-0.1, -0.05) is 12.1 Å². The molecule has 3 aromatic rings. The third kappa shape index (κ3) is 2.22. The van der Waals surface area contributed by atoms with Crippen LogP contribution in [0.4, 0.5) is 0 Å². The summed E-state index contributed by atoms with van der Waals surface area (Å²) in [5.74, 6) is -1.07. The van der Waals surface area contributed by atoms with E-state index >= 15 is 0 Å². The van der Waals surface area contributed by atoms with Crippen molar-refractivity contribution in [2.45, 2.75) is 0 Å². The lowest BCUT2D eigenvalue weighted by Crippen LogP contribution is -2.20. The van der Waals surface area contributed by atoms with Crippen molar-refractivity contribution in [3.63, 3.8) is 0 Å². The van der Waals surface area contributed by atoms with Crippen LogP contribution in [0.5, 0.6) is 0 Å². The zero-order valence-corrected chi connectivity index (χ0v) is 12.1. The second-order valence-electron chi connectivity index (χ2n) is 4.96. The minimum atomic E-state index is -1.07. The van der Waals surface area contributed by atoms with Gasteiger partial charge in [0.1, 0.15) is 0 Å². The minimum absolute atomic E-state index is 0.0141. The predicted molar refractivity (Wildman–Crippen MR) is 80.2 cm³/mol. The normalized spacial score (nSPS) is 10.8. The average molecular weight is 298 g/mol. The Balaban J connectivity index is 2.10. The lowest BCUT2D eigenvalue weighted by molar-refractivity contribution is 0.0689. The van der Waals surface area contributed by atoms with Crippen LogP contribution in [0.25, 0.3) is 16.9 Å². The van der Waals surface area contributed by atoms with Gasteiger partial charge in [-0.2, -0.15) is 5.10 Å². The number of aromatic nitrogens is 4. The van der Waals surface area contributed by atoms with Gasteiger partial charge >= 0.3 is 11.7 Å². The maximum absolute atomic E-state index is 12.0. The molecule has 0 saturated heterocycles. The van der Waals surface area contributed by atoms with Crippen LogP contribution in [0.3, 0.4) is 0 Å². The van der Waals surface area contributed by atoms with E-state index in [0.29, 0.717) is 11.4 Å². The number of carboxylic acids is 1. The zero-order chi connectivity index (χ0) is 15.9. The van der Waals surface area contributed by atoms with Gasteiger partial charge in [0.05, 0.1) is 11.4 Å². The fraction of sp³-hybridized carbons (Fsp3) is 0.133. The van der Waals surface area contributed by atoms with E-state index in [-0.39, 0.29) is 11.4 Å². The first-order chi connectivity index (χ1) is 10.5. The number of carbonyl (C=O) groups is 1. The highest BCUT2D eigenvalue weighted by molar-refractivity contribution is 5.87. The van der Waals surface area contributed by atoms with Crippen LogP contribution in [0.1, 0.15) is 10.5 Å². The van der Waals surface area contributed by atoms with Gasteiger partial charge in [-0.25, -0.2) is 9.59 Å². The van der Waals surface area contributed by atoms with Gasteiger partial charge in [0.15, 0.2) is 5.69 Å². The van der Waals surface area contributed by atoms with Gasteiger partial charge in [-0.05, 0) is 18.2 Å². The lowest BCUT2D eigenvalue weighted by atomic mass is 10.1. The van der Waals surface area contributed by atoms with Crippen molar-refractivity contribution in [2.75, 3.05) is 0 Å². The topological polar surface area (TPSA) is 82.1 Å². The molecule has 0 bridgehead atoms. The van der Waals surface area contributed by atoms with Crippen LogP contribution in [0, 0.1) is 0 Å². The summed E-state index contributed by atoms with van der Waals surface area (Å²) < 4.78 is 4.52. The fourth-order valence-electron chi connectivity index (χ4n) is 2.32. The van der Waals surface area contributed by atoms with Crippen LogP contribution in [0.15, 0.2) is 47.5 Å². The standard InChI is InChI=1S/C15H14N4O3/c1-17-6-7-19(15(17)22)11-5-3-4-10(8-11)13-9-12(14(20)21)16-18(13)2/h3-9H,1-2H3,(H,20,21). The maximum Gasteiger partial charge on any atom is 0.356 e. The Morgan fingerprint density at radius 1 is 1.18 bits per heavy atom. The molecule has 1 N–H and O–H groups in total. The summed E-state index contributed by atoms with van der Waals surface area (Å²) >= 11 is 0. The number of imidazole rings is 1. The summed E-state index contributed by atoms with van der Waals surface area (Å²) in [6, 6.07) is 8.82. The molecule has 0 spiro atoms. The molecule has 0 fully saturated rings. The number of aromatic carboxylic acids is 1.